The number of unbranched alkanes of at least 4 members (excludes halogenated alkanes) is 9. The normalized spacial score (nSPS) is 12.8. The second-order valence-corrected chi connectivity index (χ2v) is 8.19. The molecule has 0 fully saturated rings. The molecule has 2 N–H and O–H groups in total. The van der Waals surface area contributed by atoms with Crippen LogP contribution in [0.15, 0.2) is 0 Å². The van der Waals surface area contributed by atoms with Crippen molar-refractivity contribution in [1.82, 2.24) is 0 Å². The van der Waals surface area contributed by atoms with Crippen LogP contribution in [0.2, 0.25) is 0 Å². The first-order chi connectivity index (χ1) is 11.6. The van der Waals surface area contributed by atoms with Gasteiger partial charge in [-0.25, -0.2) is 0 Å². The second-order valence-electron chi connectivity index (χ2n) is 8.19. The smallest absolute Gasteiger partial charge is 0.0182 e. The van der Waals surface area contributed by atoms with Crippen molar-refractivity contribution >= 4 is 12.4 Å². The van der Waals surface area contributed by atoms with Gasteiger partial charge >= 0.3 is 0 Å². The first-order valence-electron chi connectivity index (χ1n) is 11.4. The van der Waals surface area contributed by atoms with Crippen molar-refractivity contribution in [2.75, 3.05) is 0 Å². The average Bonchev–Trinajstić information content (AvgIpc) is 2.58. The fourth-order valence-corrected chi connectivity index (χ4v) is 4.18. The maximum atomic E-state index is 7.11. The minimum Gasteiger partial charge on any atom is -0.325 e. The van der Waals surface area contributed by atoms with E-state index in [2.05, 4.69) is 27.7 Å². The second kappa shape index (κ2) is 19.0. The van der Waals surface area contributed by atoms with Gasteiger partial charge in [0.1, 0.15) is 0 Å². The molecule has 0 bridgehead atoms. The first kappa shape index (κ1) is 27.5. The summed E-state index contributed by atoms with van der Waals surface area (Å²) in [7, 11) is 0. The minimum atomic E-state index is 0. The van der Waals surface area contributed by atoms with E-state index in [9.17, 15) is 0 Å². The number of nitrogens with two attached hydrogens (primary N) is 1. The van der Waals surface area contributed by atoms with Crippen LogP contribution in [0, 0.1) is 5.92 Å². The molecule has 1 nitrogen and oxygen atoms in total. The Balaban J connectivity index is 0. The van der Waals surface area contributed by atoms with Crippen LogP contribution in [0.1, 0.15) is 137 Å². The van der Waals surface area contributed by atoms with Crippen LogP contribution >= 0.6 is 12.4 Å². The number of hydrogen-bond donors (Lipinski definition) is 1. The molecule has 154 valence electrons. The molecule has 25 heavy (non-hydrogen) atoms. The fourth-order valence-electron chi connectivity index (χ4n) is 4.18. The Bertz CT molecular complexity index is 242. The van der Waals surface area contributed by atoms with E-state index in [1.165, 1.54) is 109 Å². The molecular weight excluding hydrogens is 326 g/mol. The Kier molecular flexibility index (Phi) is 20.9. The first-order valence-corrected chi connectivity index (χ1v) is 11.4. The van der Waals surface area contributed by atoms with Crippen LogP contribution in [-0.4, -0.2) is 5.54 Å². The summed E-state index contributed by atoms with van der Waals surface area (Å²) in [6.45, 7) is 9.24. The highest BCUT2D eigenvalue weighted by molar-refractivity contribution is 5.85. The molecule has 0 saturated heterocycles. The Morgan fingerprint density at radius 2 is 1.00 bits per heavy atom. The van der Waals surface area contributed by atoms with Gasteiger partial charge in [-0.05, 0) is 31.6 Å². The number of halogens is 1. The van der Waals surface area contributed by atoms with Crippen LogP contribution in [0.25, 0.3) is 0 Å². The van der Waals surface area contributed by atoms with Gasteiger partial charge < -0.3 is 5.73 Å². The van der Waals surface area contributed by atoms with Gasteiger partial charge in [-0.3, -0.25) is 0 Å². The van der Waals surface area contributed by atoms with Crippen molar-refractivity contribution in [1.29, 1.82) is 0 Å². The van der Waals surface area contributed by atoms with E-state index in [1.807, 2.05) is 0 Å². The summed E-state index contributed by atoms with van der Waals surface area (Å²) in [6.07, 6.45) is 22.9. The number of rotatable bonds is 18. The third kappa shape index (κ3) is 14.0. The van der Waals surface area contributed by atoms with Crippen LogP contribution in [0.5, 0.6) is 0 Å². The zero-order valence-electron chi connectivity index (χ0n) is 18.1. The largest absolute Gasteiger partial charge is 0.325 e. The number of hydrogen-bond acceptors (Lipinski definition) is 1. The van der Waals surface area contributed by atoms with Crippen LogP contribution in [-0.2, 0) is 0 Å². The molecule has 0 saturated carbocycles. The van der Waals surface area contributed by atoms with Gasteiger partial charge in [-0.2, -0.15) is 0 Å². The maximum absolute atomic E-state index is 7.11. The van der Waals surface area contributed by atoms with E-state index in [4.69, 9.17) is 5.73 Å². The zero-order valence-corrected chi connectivity index (χ0v) is 18.9. The van der Waals surface area contributed by atoms with Gasteiger partial charge in [0.2, 0.25) is 0 Å². The van der Waals surface area contributed by atoms with E-state index < -0.39 is 0 Å². The minimum absolute atomic E-state index is 0. The molecular formula is C23H50ClN. The van der Waals surface area contributed by atoms with Gasteiger partial charge in [0.15, 0.2) is 0 Å². The van der Waals surface area contributed by atoms with Crippen molar-refractivity contribution in [3.8, 4) is 0 Å². The van der Waals surface area contributed by atoms with Crippen molar-refractivity contribution in [2.24, 2.45) is 11.7 Å². The Morgan fingerprint density at radius 3 is 1.40 bits per heavy atom. The Labute approximate surface area is 166 Å². The maximum Gasteiger partial charge on any atom is 0.0182 e. The quantitative estimate of drug-likeness (QED) is 0.239. The van der Waals surface area contributed by atoms with E-state index in [0.717, 1.165) is 5.92 Å². The van der Waals surface area contributed by atoms with E-state index in [1.54, 1.807) is 0 Å². The monoisotopic (exact) mass is 375 g/mol. The molecule has 0 aromatic rings. The molecule has 0 aromatic carbocycles. The topological polar surface area (TPSA) is 26.0 Å². The fraction of sp³-hybridized carbons (Fsp3) is 1.00. The lowest BCUT2D eigenvalue weighted by Crippen LogP contribution is -2.47. The van der Waals surface area contributed by atoms with Crippen molar-refractivity contribution in [2.45, 2.75) is 142 Å². The lowest BCUT2D eigenvalue weighted by Gasteiger charge is -2.39. The van der Waals surface area contributed by atoms with Gasteiger partial charge in [0, 0.05) is 5.54 Å². The summed E-state index contributed by atoms with van der Waals surface area (Å²) in [6, 6.07) is 0. The molecule has 0 aliphatic heterocycles. The third-order valence-corrected chi connectivity index (χ3v) is 5.85. The SMILES string of the molecule is CCCCCCC(CCC)C(N)(CCCCCC)CCCCCC.Cl. The summed E-state index contributed by atoms with van der Waals surface area (Å²) in [5.74, 6) is 0.752. The van der Waals surface area contributed by atoms with Crippen molar-refractivity contribution in [3.05, 3.63) is 0 Å². The molecule has 0 aliphatic rings. The summed E-state index contributed by atoms with van der Waals surface area (Å²) >= 11 is 0. The highest BCUT2D eigenvalue weighted by atomic mass is 35.5. The predicted molar refractivity (Wildman–Crippen MR) is 119 cm³/mol. The molecule has 1 unspecified atom stereocenters. The van der Waals surface area contributed by atoms with Crippen molar-refractivity contribution in [3.63, 3.8) is 0 Å². The molecule has 1 atom stereocenters. The standard InChI is InChI=1S/C23H49N.ClH/c1-5-9-12-15-19-22(18-8-4)23(24,20-16-13-10-6-2)21-17-14-11-7-3;/h22H,5-21,24H2,1-4H3;1H. The lowest BCUT2D eigenvalue weighted by atomic mass is 9.72. The van der Waals surface area contributed by atoms with E-state index in [0.29, 0.717) is 0 Å². The Hall–Kier alpha value is 0.250. The summed E-state index contributed by atoms with van der Waals surface area (Å²) in [5.41, 5.74) is 7.22. The van der Waals surface area contributed by atoms with E-state index in [-0.39, 0.29) is 17.9 Å². The average molecular weight is 376 g/mol. The zero-order chi connectivity index (χ0) is 18.1. The highest BCUT2D eigenvalue weighted by Crippen LogP contribution is 2.34. The molecule has 0 radical (unpaired) electrons. The molecule has 2 heteroatoms. The molecule has 0 amide bonds. The third-order valence-electron chi connectivity index (χ3n) is 5.85. The molecule has 0 aliphatic carbocycles. The van der Waals surface area contributed by atoms with Crippen LogP contribution in [0.4, 0.5) is 0 Å². The highest BCUT2D eigenvalue weighted by Gasteiger charge is 2.32. The van der Waals surface area contributed by atoms with Crippen molar-refractivity contribution < 1.29 is 0 Å². The van der Waals surface area contributed by atoms with Gasteiger partial charge in [-0.15, -0.1) is 12.4 Å². The van der Waals surface area contributed by atoms with E-state index >= 15 is 0 Å². The van der Waals surface area contributed by atoms with Crippen LogP contribution in [0.3, 0.4) is 0 Å². The molecule has 0 aromatic heterocycles. The summed E-state index contributed by atoms with van der Waals surface area (Å²) in [5, 5.41) is 0. The van der Waals surface area contributed by atoms with Gasteiger partial charge in [0.25, 0.3) is 0 Å². The molecule has 0 spiro atoms. The Morgan fingerprint density at radius 1 is 0.560 bits per heavy atom. The van der Waals surface area contributed by atoms with Gasteiger partial charge in [0.05, 0.1) is 0 Å². The van der Waals surface area contributed by atoms with Gasteiger partial charge in [-0.1, -0.05) is 111 Å². The lowest BCUT2D eigenvalue weighted by molar-refractivity contribution is 0.193. The summed E-state index contributed by atoms with van der Waals surface area (Å²) in [4.78, 5) is 0. The molecule has 0 rings (SSSR count). The van der Waals surface area contributed by atoms with Crippen LogP contribution < -0.4 is 5.73 Å². The predicted octanol–water partition coefficient (Wildman–Crippen LogP) is 8.43. The molecule has 0 heterocycles. The summed E-state index contributed by atoms with van der Waals surface area (Å²) < 4.78 is 0.